The van der Waals surface area contributed by atoms with Gasteiger partial charge in [0, 0.05) is 19.7 Å². The molecule has 0 aliphatic heterocycles. The second-order valence-electron chi connectivity index (χ2n) is 3.82. The van der Waals surface area contributed by atoms with Crippen LogP contribution >= 0.6 is 0 Å². The highest BCUT2D eigenvalue weighted by atomic mass is 16.3. The third-order valence-corrected chi connectivity index (χ3v) is 2.25. The Balaban J connectivity index is 2.44. The van der Waals surface area contributed by atoms with Crippen LogP contribution in [0.5, 0.6) is 0 Å². The summed E-state index contributed by atoms with van der Waals surface area (Å²) in [6.07, 6.45) is 4.20. The molecule has 1 heterocycles. The number of anilines is 2. The smallest absolute Gasteiger partial charge is 0.146 e. The van der Waals surface area contributed by atoms with Gasteiger partial charge in [-0.15, -0.1) is 0 Å². The van der Waals surface area contributed by atoms with Gasteiger partial charge in [0.1, 0.15) is 11.6 Å². The van der Waals surface area contributed by atoms with Gasteiger partial charge in [0.25, 0.3) is 0 Å². The number of hydrogen-bond acceptors (Lipinski definition) is 5. The van der Waals surface area contributed by atoms with E-state index in [2.05, 4.69) is 27.5 Å². The highest BCUT2D eigenvalue weighted by Gasteiger charge is 2.02. The van der Waals surface area contributed by atoms with Gasteiger partial charge < -0.3 is 15.7 Å². The van der Waals surface area contributed by atoms with E-state index < -0.39 is 0 Å². The summed E-state index contributed by atoms with van der Waals surface area (Å²) in [7, 11) is 0. The first-order valence-corrected chi connectivity index (χ1v) is 5.67. The lowest BCUT2D eigenvalue weighted by Crippen LogP contribution is -2.14. The van der Waals surface area contributed by atoms with Crippen molar-refractivity contribution in [2.45, 2.75) is 20.3 Å². The van der Waals surface area contributed by atoms with Crippen LogP contribution in [0.2, 0.25) is 0 Å². The van der Waals surface area contributed by atoms with E-state index in [0.717, 1.165) is 31.1 Å². The molecule has 0 saturated carbocycles. The van der Waals surface area contributed by atoms with Crippen molar-refractivity contribution in [2.24, 2.45) is 5.92 Å². The fraction of sp³-hybridized carbons (Fsp3) is 0.636. The fourth-order valence-electron chi connectivity index (χ4n) is 1.32. The van der Waals surface area contributed by atoms with Gasteiger partial charge in [-0.1, -0.05) is 6.92 Å². The number of aromatic nitrogens is 2. The molecule has 1 aromatic rings. The van der Waals surface area contributed by atoms with Crippen LogP contribution in [0.25, 0.3) is 0 Å². The quantitative estimate of drug-likeness (QED) is 0.652. The Labute approximate surface area is 96.3 Å². The van der Waals surface area contributed by atoms with Crippen molar-refractivity contribution in [3.63, 3.8) is 0 Å². The number of rotatable bonds is 7. The molecule has 90 valence electrons. The molecule has 0 radical (unpaired) electrons. The van der Waals surface area contributed by atoms with Crippen molar-refractivity contribution in [3.05, 3.63) is 12.4 Å². The first-order chi connectivity index (χ1) is 7.76. The van der Waals surface area contributed by atoms with Crippen LogP contribution in [-0.4, -0.2) is 34.8 Å². The Morgan fingerprint density at radius 1 is 1.31 bits per heavy atom. The molecule has 1 atom stereocenters. The first-order valence-electron chi connectivity index (χ1n) is 5.67. The summed E-state index contributed by atoms with van der Waals surface area (Å²) in [6, 6.07) is 0. The zero-order valence-corrected chi connectivity index (χ0v) is 9.90. The molecular weight excluding hydrogens is 204 g/mol. The predicted octanol–water partition coefficient (Wildman–Crippen LogP) is 1.34. The zero-order chi connectivity index (χ0) is 11.8. The topological polar surface area (TPSA) is 70.1 Å². The van der Waals surface area contributed by atoms with Crippen molar-refractivity contribution < 1.29 is 5.11 Å². The van der Waals surface area contributed by atoms with E-state index in [1.54, 1.807) is 12.4 Å². The molecule has 0 spiro atoms. The molecule has 0 amide bonds. The number of nitrogens with zero attached hydrogens (tertiary/aromatic N) is 2. The fourth-order valence-corrected chi connectivity index (χ4v) is 1.32. The number of aliphatic hydroxyl groups excluding tert-OH is 1. The average molecular weight is 224 g/mol. The summed E-state index contributed by atoms with van der Waals surface area (Å²) in [5, 5.41) is 15.1. The summed E-state index contributed by atoms with van der Waals surface area (Å²) in [5.41, 5.74) is 0. The van der Waals surface area contributed by atoms with Crippen molar-refractivity contribution in [2.75, 3.05) is 30.3 Å². The maximum atomic E-state index is 8.78. The zero-order valence-electron chi connectivity index (χ0n) is 9.90. The predicted molar refractivity (Wildman–Crippen MR) is 65.6 cm³/mol. The minimum atomic E-state index is 0.228. The van der Waals surface area contributed by atoms with Crippen LogP contribution in [0.15, 0.2) is 12.4 Å². The monoisotopic (exact) mass is 224 g/mol. The van der Waals surface area contributed by atoms with Gasteiger partial charge >= 0.3 is 0 Å². The summed E-state index contributed by atoms with van der Waals surface area (Å²) in [4.78, 5) is 8.44. The Hall–Kier alpha value is -1.36. The Morgan fingerprint density at radius 2 is 2.00 bits per heavy atom. The lowest BCUT2D eigenvalue weighted by atomic mass is 10.1. The molecule has 3 N–H and O–H groups in total. The molecule has 5 nitrogen and oxygen atoms in total. The normalized spacial score (nSPS) is 12.2. The van der Waals surface area contributed by atoms with Gasteiger partial charge in [-0.2, -0.15) is 0 Å². The standard InChI is InChI=1S/C11H20N4O/c1-3-13-10-7-12-8-11(15-10)14-6-9(2)4-5-16/h7-9,16H,3-6H2,1-2H3,(H2,13,14,15). The average Bonchev–Trinajstić information content (AvgIpc) is 2.28. The maximum Gasteiger partial charge on any atom is 0.146 e. The van der Waals surface area contributed by atoms with Crippen molar-refractivity contribution in [1.29, 1.82) is 0 Å². The lowest BCUT2D eigenvalue weighted by Gasteiger charge is -2.12. The van der Waals surface area contributed by atoms with Gasteiger partial charge in [-0.05, 0) is 19.3 Å². The second-order valence-corrected chi connectivity index (χ2v) is 3.82. The molecular formula is C11H20N4O. The van der Waals surface area contributed by atoms with Gasteiger partial charge in [-0.3, -0.25) is 4.98 Å². The van der Waals surface area contributed by atoms with Crippen LogP contribution < -0.4 is 10.6 Å². The van der Waals surface area contributed by atoms with Gasteiger partial charge in [0.2, 0.25) is 0 Å². The largest absolute Gasteiger partial charge is 0.396 e. The third-order valence-electron chi connectivity index (χ3n) is 2.25. The van der Waals surface area contributed by atoms with Crippen LogP contribution in [-0.2, 0) is 0 Å². The molecule has 1 aromatic heterocycles. The highest BCUT2D eigenvalue weighted by Crippen LogP contribution is 2.08. The summed E-state index contributed by atoms with van der Waals surface area (Å²) in [5.74, 6) is 1.97. The molecule has 1 rings (SSSR count). The van der Waals surface area contributed by atoms with Gasteiger partial charge in [0.05, 0.1) is 12.4 Å². The lowest BCUT2D eigenvalue weighted by molar-refractivity contribution is 0.266. The Kier molecular flexibility index (Phi) is 5.56. The van der Waals surface area contributed by atoms with Gasteiger partial charge in [0.15, 0.2) is 0 Å². The van der Waals surface area contributed by atoms with E-state index in [0.29, 0.717) is 5.92 Å². The molecule has 0 fully saturated rings. The van der Waals surface area contributed by atoms with E-state index in [-0.39, 0.29) is 6.61 Å². The van der Waals surface area contributed by atoms with Crippen LogP contribution in [0.4, 0.5) is 11.6 Å². The van der Waals surface area contributed by atoms with Crippen molar-refractivity contribution >= 4 is 11.6 Å². The Morgan fingerprint density at radius 3 is 2.62 bits per heavy atom. The van der Waals surface area contributed by atoms with E-state index in [1.165, 1.54) is 0 Å². The minimum Gasteiger partial charge on any atom is -0.396 e. The van der Waals surface area contributed by atoms with E-state index in [4.69, 9.17) is 5.11 Å². The number of nitrogens with one attached hydrogen (secondary N) is 2. The molecule has 5 heteroatoms. The molecule has 0 aliphatic rings. The molecule has 0 bridgehead atoms. The number of aliphatic hydroxyl groups is 1. The summed E-state index contributed by atoms with van der Waals surface area (Å²) < 4.78 is 0. The molecule has 1 unspecified atom stereocenters. The summed E-state index contributed by atoms with van der Waals surface area (Å²) >= 11 is 0. The van der Waals surface area contributed by atoms with Crippen molar-refractivity contribution in [3.8, 4) is 0 Å². The number of hydrogen-bond donors (Lipinski definition) is 3. The Bertz CT molecular complexity index is 306. The van der Waals surface area contributed by atoms with E-state index in [1.807, 2.05) is 6.92 Å². The van der Waals surface area contributed by atoms with Gasteiger partial charge in [-0.25, -0.2) is 4.98 Å². The van der Waals surface area contributed by atoms with E-state index in [9.17, 15) is 0 Å². The van der Waals surface area contributed by atoms with Crippen LogP contribution in [0.3, 0.4) is 0 Å². The second kappa shape index (κ2) is 7.00. The molecule has 0 saturated heterocycles. The molecule has 16 heavy (non-hydrogen) atoms. The minimum absolute atomic E-state index is 0.228. The highest BCUT2D eigenvalue weighted by molar-refractivity contribution is 5.41. The summed E-state index contributed by atoms with van der Waals surface area (Å²) in [6.45, 7) is 5.96. The molecule has 0 aliphatic carbocycles. The SMILES string of the molecule is CCNc1cncc(NCC(C)CCO)n1. The van der Waals surface area contributed by atoms with E-state index >= 15 is 0 Å². The van der Waals surface area contributed by atoms with Crippen LogP contribution in [0.1, 0.15) is 20.3 Å². The van der Waals surface area contributed by atoms with Crippen molar-refractivity contribution in [1.82, 2.24) is 9.97 Å². The maximum absolute atomic E-state index is 8.78. The first kappa shape index (κ1) is 12.7. The third kappa shape index (κ3) is 4.44. The molecule has 0 aromatic carbocycles. The van der Waals surface area contributed by atoms with Crippen LogP contribution in [0, 0.1) is 5.92 Å².